The van der Waals surface area contributed by atoms with Crippen molar-refractivity contribution >= 4 is 37.8 Å². The molecule has 410 valence electrons. The predicted octanol–water partition coefficient (Wildman–Crippen LogP) is 5.62. The van der Waals surface area contributed by atoms with Crippen LogP contribution in [0.2, 0.25) is 0 Å². The zero-order valence-corrected chi connectivity index (χ0v) is 46.8. The van der Waals surface area contributed by atoms with Gasteiger partial charge in [0, 0.05) is 66.8 Å². The standard InChI is InChI=1S/C27H34N4O7S.C26H34N4O6S/c1-27(2,26(33)38-7)31-18-23(25(32)29(3)4)24(28-31)39(34,35)30(16-19-8-12-21(36-5)13-9-19)17-20-10-14-22(37-6)15-11-20;1-26(2,18-31)30-17-23(25(32)28(3)4)24(27-30)37(33,34)29(15-19-7-11-21(35-5)12-8-19)16-20-9-13-22(36-6)14-10-20/h8-15,18H,16-17H2,1-7H3;7-14,17,31H,15-16,18H2,1-6H3. The lowest BCUT2D eigenvalue weighted by molar-refractivity contribution is -0.150. The van der Waals surface area contributed by atoms with Crippen LogP contribution in [0.25, 0.3) is 0 Å². The second kappa shape index (κ2) is 25.0. The maximum Gasteiger partial charge on any atom is 0.333 e. The Balaban J connectivity index is 0.000000281. The smallest absolute Gasteiger partial charge is 0.333 e. The van der Waals surface area contributed by atoms with Gasteiger partial charge in [-0.1, -0.05) is 48.5 Å². The molecule has 76 heavy (non-hydrogen) atoms. The lowest BCUT2D eigenvalue weighted by atomic mass is 10.1. The molecule has 2 heterocycles. The Labute approximate surface area is 445 Å². The molecule has 1 N–H and O–H groups in total. The number of amides is 2. The van der Waals surface area contributed by atoms with Crippen molar-refractivity contribution in [2.24, 2.45) is 0 Å². The first-order valence-electron chi connectivity index (χ1n) is 23.6. The van der Waals surface area contributed by atoms with Gasteiger partial charge in [-0.15, -0.1) is 0 Å². The number of nitrogens with zero attached hydrogens (tertiary/aromatic N) is 8. The maximum atomic E-state index is 14.2. The van der Waals surface area contributed by atoms with Gasteiger partial charge in [-0.2, -0.15) is 18.8 Å². The lowest BCUT2D eigenvalue weighted by Crippen LogP contribution is -2.37. The molecule has 4 aromatic carbocycles. The van der Waals surface area contributed by atoms with Crippen LogP contribution in [0.4, 0.5) is 0 Å². The normalized spacial score (nSPS) is 11.9. The molecule has 21 nitrogen and oxygen atoms in total. The molecular weight excluding hydrogens is 1020 g/mol. The van der Waals surface area contributed by atoms with Crippen LogP contribution in [0.15, 0.2) is 120 Å². The number of carbonyl (C=O) groups is 3. The van der Waals surface area contributed by atoms with E-state index in [4.69, 9.17) is 23.7 Å². The molecule has 0 saturated carbocycles. The van der Waals surface area contributed by atoms with E-state index in [2.05, 4.69) is 10.2 Å². The van der Waals surface area contributed by atoms with Gasteiger partial charge in [-0.05, 0) is 98.5 Å². The van der Waals surface area contributed by atoms with Gasteiger partial charge in [-0.25, -0.2) is 21.6 Å². The van der Waals surface area contributed by atoms with E-state index in [1.54, 1.807) is 153 Å². The molecule has 0 aliphatic rings. The fourth-order valence-corrected chi connectivity index (χ4v) is 10.3. The molecule has 0 bridgehead atoms. The van der Waals surface area contributed by atoms with Crippen molar-refractivity contribution in [3.8, 4) is 23.0 Å². The summed E-state index contributed by atoms with van der Waals surface area (Å²) in [5, 5.41) is 17.6. The average molecular weight is 1090 g/mol. The summed E-state index contributed by atoms with van der Waals surface area (Å²) in [5.41, 5.74) is 0.326. The molecule has 0 unspecified atom stereocenters. The monoisotopic (exact) mass is 1090 g/mol. The van der Waals surface area contributed by atoms with Crippen molar-refractivity contribution < 1.29 is 60.0 Å². The zero-order valence-electron chi connectivity index (χ0n) is 45.2. The Kier molecular flexibility index (Phi) is 19.6. The second-order valence-electron chi connectivity index (χ2n) is 18.9. The van der Waals surface area contributed by atoms with E-state index in [-0.39, 0.29) is 48.9 Å². The van der Waals surface area contributed by atoms with Gasteiger partial charge < -0.3 is 38.6 Å². The van der Waals surface area contributed by atoms with Crippen LogP contribution in [0.3, 0.4) is 0 Å². The minimum absolute atomic E-state index is 0.0127. The molecule has 0 aliphatic carbocycles. The number of aliphatic hydroxyl groups excluding tert-OH is 1. The maximum absolute atomic E-state index is 14.2. The summed E-state index contributed by atoms with van der Waals surface area (Å²) in [6.45, 7) is 6.19. The molecule has 0 radical (unpaired) electrons. The second-order valence-corrected chi connectivity index (χ2v) is 22.7. The molecule has 0 aliphatic heterocycles. The van der Waals surface area contributed by atoms with Gasteiger partial charge in [0.05, 0.1) is 58.8 Å². The van der Waals surface area contributed by atoms with E-state index >= 15 is 0 Å². The van der Waals surface area contributed by atoms with Crippen LogP contribution in [0.1, 0.15) is 70.7 Å². The summed E-state index contributed by atoms with van der Waals surface area (Å²) in [6.07, 6.45) is 2.65. The lowest BCUT2D eigenvalue weighted by Gasteiger charge is -2.23. The van der Waals surface area contributed by atoms with Gasteiger partial charge in [0.1, 0.15) is 23.0 Å². The summed E-state index contributed by atoms with van der Waals surface area (Å²) in [6, 6.07) is 28.2. The zero-order chi connectivity index (χ0) is 56.3. The van der Waals surface area contributed by atoms with E-state index in [0.29, 0.717) is 34.1 Å². The van der Waals surface area contributed by atoms with Crippen LogP contribution >= 0.6 is 0 Å². The summed E-state index contributed by atoms with van der Waals surface area (Å²) >= 11 is 0. The molecule has 6 aromatic rings. The van der Waals surface area contributed by atoms with Crippen molar-refractivity contribution in [2.75, 3.05) is 70.3 Å². The van der Waals surface area contributed by atoms with E-state index in [1.807, 2.05) is 0 Å². The average Bonchev–Trinajstić information content (AvgIpc) is 4.09. The van der Waals surface area contributed by atoms with Crippen LogP contribution in [-0.4, -0.2) is 148 Å². The van der Waals surface area contributed by atoms with Crippen molar-refractivity contribution in [2.45, 2.75) is 75.0 Å². The van der Waals surface area contributed by atoms with Gasteiger partial charge >= 0.3 is 5.97 Å². The number of benzene rings is 4. The third kappa shape index (κ3) is 13.9. The SMILES string of the molecule is COC(=O)C(C)(C)n1cc(C(=O)N(C)C)c(S(=O)(=O)N(Cc2ccc(OC)cc2)Cc2ccc(OC)cc2)n1.COc1ccc(CN(Cc2ccc(OC)cc2)S(=O)(=O)c2nn(C(C)(C)CO)cc2C(=O)N(C)C)cc1. The molecule has 0 spiro atoms. The van der Waals surface area contributed by atoms with Gasteiger partial charge in [0.15, 0.2) is 5.54 Å². The number of aliphatic hydroxyl groups is 1. The number of hydrogen-bond acceptors (Lipinski definition) is 15. The van der Waals surface area contributed by atoms with Crippen LogP contribution in [0, 0.1) is 0 Å². The number of sulfonamides is 2. The first-order chi connectivity index (χ1) is 35.8. The number of rotatable bonds is 22. The van der Waals surface area contributed by atoms with Gasteiger partial charge in [0.25, 0.3) is 31.9 Å². The van der Waals surface area contributed by atoms with Crippen molar-refractivity contribution in [1.82, 2.24) is 38.0 Å². The molecule has 6 rings (SSSR count). The van der Waals surface area contributed by atoms with Crippen molar-refractivity contribution in [3.63, 3.8) is 0 Å². The molecule has 23 heteroatoms. The fourth-order valence-electron chi connectivity index (χ4n) is 7.32. The highest BCUT2D eigenvalue weighted by Gasteiger charge is 2.40. The predicted molar refractivity (Wildman–Crippen MR) is 283 cm³/mol. The van der Waals surface area contributed by atoms with Gasteiger partial charge in [-0.3, -0.25) is 19.0 Å². The highest BCUT2D eigenvalue weighted by molar-refractivity contribution is 7.89. The largest absolute Gasteiger partial charge is 0.497 e. The quantitative estimate of drug-likeness (QED) is 0.0813. The van der Waals surface area contributed by atoms with Crippen LogP contribution < -0.4 is 18.9 Å². The third-order valence-electron chi connectivity index (χ3n) is 12.1. The molecule has 0 atom stereocenters. The van der Waals surface area contributed by atoms with E-state index < -0.39 is 53.9 Å². The van der Waals surface area contributed by atoms with E-state index in [9.17, 15) is 36.3 Å². The summed E-state index contributed by atoms with van der Waals surface area (Å²) in [7, 11) is 4.89. The van der Waals surface area contributed by atoms with E-state index in [1.165, 1.54) is 70.5 Å². The Morgan fingerprint density at radius 2 is 0.776 bits per heavy atom. The number of carbonyl (C=O) groups excluding carboxylic acids is 3. The summed E-state index contributed by atoms with van der Waals surface area (Å²) < 4.78 is 87.5. The van der Waals surface area contributed by atoms with Crippen LogP contribution in [-0.2, 0) is 66.8 Å². The molecule has 0 saturated heterocycles. The first kappa shape index (κ1) is 59.6. The number of esters is 1. The summed E-state index contributed by atoms with van der Waals surface area (Å²) in [4.78, 5) is 41.2. The number of ether oxygens (including phenoxy) is 5. The van der Waals surface area contributed by atoms with Crippen molar-refractivity contribution in [3.05, 3.63) is 143 Å². The Hall–Kier alpha value is -7.31. The topological polar surface area (TPSA) is 234 Å². The Bertz CT molecular complexity index is 3060. The molecule has 2 aromatic heterocycles. The number of methoxy groups -OCH3 is 5. The third-order valence-corrected chi connectivity index (χ3v) is 15.6. The molecular formula is C53H68N8O13S2. The highest BCUT2D eigenvalue weighted by Crippen LogP contribution is 2.30. The Morgan fingerprint density at radius 1 is 0.500 bits per heavy atom. The van der Waals surface area contributed by atoms with Crippen molar-refractivity contribution in [1.29, 1.82) is 0 Å². The number of hydrogen-bond donors (Lipinski definition) is 1. The number of aromatic nitrogens is 4. The molecule has 0 fully saturated rings. The molecule has 2 amide bonds. The van der Waals surface area contributed by atoms with Gasteiger partial charge in [0.2, 0.25) is 10.1 Å². The first-order valence-corrected chi connectivity index (χ1v) is 26.5. The van der Waals surface area contributed by atoms with E-state index in [0.717, 1.165) is 15.8 Å². The van der Waals surface area contributed by atoms with Crippen LogP contribution in [0.5, 0.6) is 23.0 Å². The minimum Gasteiger partial charge on any atom is -0.497 e. The highest BCUT2D eigenvalue weighted by atomic mass is 32.2. The summed E-state index contributed by atoms with van der Waals surface area (Å²) in [5.74, 6) is 0.833. The fraction of sp³-hybridized carbons (Fsp3) is 0.377. The minimum atomic E-state index is -4.37. The Morgan fingerprint density at radius 3 is 1.03 bits per heavy atom.